The lowest BCUT2D eigenvalue weighted by molar-refractivity contribution is 0.213. The monoisotopic (exact) mass is 299 g/mol. The van der Waals surface area contributed by atoms with Gasteiger partial charge in [-0.3, -0.25) is 0 Å². The molecule has 1 saturated carbocycles. The maximum absolute atomic E-state index is 9.64. The van der Waals surface area contributed by atoms with Crippen LogP contribution in [0.2, 0.25) is 5.28 Å². The first kappa shape index (κ1) is 15.3. The smallest absolute Gasteiger partial charge is 0.231 e. The summed E-state index contributed by atoms with van der Waals surface area (Å²) >= 11 is 5.99. The van der Waals surface area contributed by atoms with Gasteiger partial charge in [-0.1, -0.05) is 12.8 Å². The Kier molecular flexibility index (Phi) is 4.99. The minimum Gasteiger partial charge on any atom is -0.394 e. The Labute approximate surface area is 124 Å². The van der Waals surface area contributed by atoms with E-state index in [9.17, 15) is 5.11 Å². The third kappa shape index (κ3) is 3.30. The second-order valence-corrected chi connectivity index (χ2v) is 5.51. The Morgan fingerprint density at radius 3 is 2.40 bits per heavy atom. The van der Waals surface area contributed by atoms with Crippen LogP contribution in [0.25, 0.3) is 0 Å². The first-order valence-electron chi connectivity index (χ1n) is 7.18. The maximum atomic E-state index is 9.64. The topological polar surface area (TPSA) is 74.2 Å². The number of hydrogen-bond acceptors (Lipinski definition) is 6. The number of rotatable bonds is 6. The zero-order valence-corrected chi connectivity index (χ0v) is 12.8. The van der Waals surface area contributed by atoms with E-state index in [0.29, 0.717) is 11.9 Å². The summed E-state index contributed by atoms with van der Waals surface area (Å²) in [7, 11) is 0. The van der Waals surface area contributed by atoms with E-state index in [1.807, 2.05) is 18.7 Å². The Bertz CT molecular complexity index is 446. The molecule has 0 aromatic carbocycles. The molecule has 1 heterocycles. The van der Waals surface area contributed by atoms with E-state index in [1.54, 1.807) is 0 Å². The van der Waals surface area contributed by atoms with Crippen LogP contribution < -0.4 is 10.2 Å². The van der Waals surface area contributed by atoms with Crippen molar-refractivity contribution in [1.29, 1.82) is 0 Å². The Morgan fingerprint density at radius 1 is 1.20 bits per heavy atom. The molecule has 7 heteroatoms. The molecule has 1 aliphatic rings. The van der Waals surface area contributed by atoms with Crippen LogP contribution >= 0.6 is 11.6 Å². The van der Waals surface area contributed by atoms with E-state index in [2.05, 4.69) is 20.3 Å². The van der Waals surface area contributed by atoms with E-state index < -0.39 is 0 Å². The molecule has 0 bridgehead atoms. The largest absolute Gasteiger partial charge is 0.394 e. The molecule has 2 N–H and O–H groups in total. The predicted octanol–water partition coefficient (Wildman–Crippen LogP) is 2.09. The van der Waals surface area contributed by atoms with Gasteiger partial charge in [0.2, 0.25) is 17.2 Å². The SMILES string of the molecule is CCN(CC)c1nc(Cl)nc(NC2(CO)CCCC2)n1. The molecule has 112 valence electrons. The summed E-state index contributed by atoms with van der Waals surface area (Å²) < 4.78 is 0. The summed E-state index contributed by atoms with van der Waals surface area (Å²) in [6, 6.07) is 0. The van der Waals surface area contributed by atoms with Crippen molar-refractivity contribution in [3.63, 3.8) is 0 Å². The average molecular weight is 300 g/mol. The van der Waals surface area contributed by atoms with Gasteiger partial charge in [0.25, 0.3) is 0 Å². The highest BCUT2D eigenvalue weighted by Gasteiger charge is 2.34. The molecule has 0 aliphatic heterocycles. The Hall–Kier alpha value is -1.14. The van der Waals surface area contributed by atoms with Crippen LogP contribution in [0.3, 0.4) is 0 Å². The average Bonchev–Trinajstić information content (AvgIpc) is 2.89. The molecule has 2 rings (SSSR count). The molecule has 1 fully saturated rings. The molecular weight excluding hydrogens is 278 g/mol. The molecule has 1 aromatic heterocycles. The van der Waals surface area contributed by atoms with Gasteiger partial charge in [-0.05, 0) is 38.3 Å². The highest BCUT2D eigenvalue weighted by Crippen LogP contribution is 2.32. The van der Waals surface area contributed by atoms with Crippen LogP contribution in [-0.4, -0.2) is 45.3 Å². The van der Waals surface area contributed by atoms with Crippen molar-refractivity contribution in [3.8, 4) is 0 Å². The third-order valence-corrected chi connectivity index (χ3v) is 4.05. The lowest BCUT2D eigenvalue weighted by Gasteiger charge is -2.28. The van der Waals surface area contributed by atoms with Crippen molar-refractivity contribution in [2.24, 2.45) is 0 Å². The lowest BCUT2D eigenvalue weighted by atomic mass is 9.99. The predicted molar refractivity (Wildman–Crippen MR) is 80.3 cm³/mol. The van der Waals surface area contributed by atoms with Crippen molar-refractivity contribution in [2.45, 2.75) is 45.1 Å². The van der Waals surface area contributed by atoms with E-state index in [1.165, 1.54) is 0 Å². The maximum Gasteiger partial charge on any atom is 0.231 e. The van der Waals surface area contributed by atoms with Crippen LogP contribution in [0.1, 0.15) is 39.5 Å². The number of aliphatic hydroxyl groups is 1. The number of aliphatic hydroxyl groups excluding tert-OH is 1. The molecule has 1 aliphatic carbocycles. The number of aromatic nitrogens is 3. The molecule has 0 atom stereocenters. The summed E-state index contributed by atoms with van der Waals surface area (Å²) in [5.74, 6) is 1.02. The highest BCUT2D eigenvalue weighted by atomic mass is 35.5. The fraction of sp³-hybridized carbons (Fsp3) is 0.769. The van der Waals surface area contributed by atoms with Crippen LogP contribution in [0.5, 0.6) is 0 Å². The van der Waals surface area contributed by atoms with E-state index in [4.69, 9.17) is 11.6 Å². The second kappa shape index (κ2) is 6.54. The summed E-state index contributed by atoms with van der Waals surface area (Å²) in [6.07, 6.45) is 4.06. The molecule has 0 unspecified atom stereocenters. The number of halogens is 1. The summed E-state index contributed by atoms with van der Waals surface area (Å²) in [6.45, 7) is 5.78. The fourth-order valence-electron chi connectivity index (χ4n) is 2.65. The van der Waals surface area contributed by atoms with Crippen molar-refractivity contribution in [3.05, 3.63) is 5.28 Å². The summed E-state index contributed by atoms with van der Waals surface area (Å²) in [4.78, 5) is 14.7. The first-order chi connectivity index (χ1) is 9.62. The number of hydrogen-bond donors (Lipinski definition) is 2. The zero-order valence-electron chi connectivity index (χ0n) is 12.1. The van der Waals surface area contributed by atoms with Crippen LogP contribution in [0.15, 0.2) is 0 Å². The lowest BCUT2D eigenvalue weighted by Crippen LogP contribution is -2.40. The van der Waals surface area contributed by atoms with Gasteiger partial charge in [-0.15, -0.1) is 0 Å². The van der Waals surface area contributed by atoms with Crippen molar-refractivity contribution >= 4 is 23.5 Å². The van der Waals surface area contributed by atoms with Gasteiger partial charge in [0.15, 0.2) is 0 Å². The van der Waals surface area contributed by atoms with Crippen molar-refractivity contribution < 1.29 is 5.11 Å². The quantitative estimate of drug-likeness (QED) is 0.838. The fourth-order valence-corrected chi connectivity index (χ4v) is 2.81. The molecule has 6 nitrogen and oxygen atoms in total. The summed E-state index contributed by atoms with van der Waals surface area (Å²) in [5, 5.41) is 13.1. The highest BCUT2D eigenvalue weighted by molar-refractivity contribution is 6.28. The van der Waals surface area contributed by atoms with Gasteiger partial charge in [0.1, 0.15) is 0 Å². The van der Waals surface area contributed by atoms with Crippen molar-refractivity contribution in [2.75, 3.05) is 29.9 Å². The Balaban J connectivity index is 2.23. The molecular formula is C13H22ClN5O. The number of nitrogens with one attached hydrogen (secondary N) is 1. The van der Waals surface area contributed by atoms with Crippen molar-refractivity contribution in [1.82, 2.24) is 15.0 Å². The van der Waals surface area contributed by atoms with Gasteiger partial charge >= 0.3 is 0 Å². The van der Waals surface area contributed by atoms with Crippen LogP contribution in [0, 0.1) is 0 Å². The van der Waals surface area contributed by atoms with E-state index >= 15 is 0 Å². The second-order valence-electron chi connectivity index (χ2n) is 5.17. The summed E-state index contributed by atoms with van der Waals surface area (Å²) in [5.41, 5.74) is -0.314. The van der Waals surface area contributed by atoms with Gasteiger partial charge in [-0.2, -0.15) is 15.0 Å². The van der Waals surface area contributed by atoms with Gasteiger partial charge < -0.3 is 15.3 Å². The van der Waals surface area contributed by atoms with Crippen LogP contribution in [0.4, 0.5) is 11.9 Å². The molecule has 0 amide bonds. The standard InChI is InChI=1S/C13H22ClN5O/c1-3-19(4-2)12-16-10(14)15-11(17-12)18-13(9-20)7-5-6-8-13/h20H,3-9H2,1-2H3,(H,15,16,17,18). The van der Waals surface area contributed by atoms with Gasteiger partial charge in [-0.25, -0.2) is 0 Å². The van der Waals surface area contributed by atoms with Crippen LogP contribution in [-0.2, 0) is 0 Å². The third-order valence-electron chi connectivity index (χ3n) is 3.88. The zero-order chi connectivity index (χ0) is 14.6. The minimum absolute atomic E-state index is 0.0803. The normalized spacial score (nSPS) is 17.2. The molecule has 0 spiro atoms. The number of anilines is 2. The molecule has 0 radical (unpaired) electrons. The molecule has 20 heavy (non-hydrogen) atoms. The molecule has 1 aromatic rings. The van der Waals surface area contributed by atoms with Gasteiger partial charge in [0.05, 0.1) is 12.1 Å². The molecule has 0 saturated heterocycles. The minimum atomic E-state index is -0.314. The van der Waals surface area contributed by atoms with E-state index in [0.717, 1.165) is 38.8 Å². The Morgan fingerprint density at radius 2 is 1.85 bits per heavy atom. The van der Waals surface area contributed by atoms with E-state index in [-0.39, 0.29) is 17.4 Å². The first-order valence-corrected chi connectivity index (χ1v) is 7.56. The number of nitrogens with zero attached hydrogens (tertiary/aromatic N) is 4. The van der Waals surface area contributed by atoms with Gasteiger partial charge in [0, 0.05) is 13.1 Å².